The molecule has 0 bridgehead atoms. The van der Waals surface area contributed by atoms with E-state index in [-0.39, 0.29) is 5.92 Å². The number of nitrogens with zero attached hydrogens (tertiary/aromatic N) is 4. The van der Waals surface area contributed by atoms with Crippen LogP contribution in [0.3, 0.4) is 0 Å². The van der Waals surface area contributed by atoms with Gasteiger partial charge in [0.2, 0.25) is 5.91 Å². The number of benzene rings is 2. The Bertz CT molecular complexity index is 1230. The summed E-state index contributed by atoms with van der Waals surface area (Å²) in [4.78, 5) is 23.5. The number of ether oxygens (including phenoxy) is 1. The van der Waals surface area contributed by atoms with Crippen molar-refractivity contribution >= 4 is 28.5 Å². The number of fused-ring (bicyclic) bond motifs is 1. The maximum absolute atomic E-state index is 13.7. The molecule has 3 aromatic rings. The monoisotopic (exact) mass is 550 g/mol. The molecule has 2 aromatic carbocycles. The number of hydrogen-bond acceptors (Lipinski definition) is 4. The molecule has 1 unspecified atom stereocenters. The van der Waals surface area contributed by atoms with Crippen molar-refractivity contribution < 1.29 is 9.53 Å². The van der Waals surface area contributed by atoms with Crippen molar-refractivity contribution in [1.82, 2.24) is 19.4 Å². The van der Waals surface area contributed by atoms with Gasteiger partial charge in [0.1, 0.15) is 18.2 Å². The summed E-state index contributed by atoms with van der Waals surface area (Å²) in [6, 6.07) is 14.1. The minimum atomic E-state index is -0.0344. The lowest BCUT2D eigenvalue weighted by atomic mass is 9.95. The second-order valence-corrected chi connectivity index (χ2v) is 11.9. The zero-order chi connectivity index (χ0) is 27.2. The molecule has 3 heterocycles. The molecule has 0 N–H and O–H groups in total. The number of hydrogen-bond donors (Lipinski definition) is 0. The molecule has 1 amide bonds. The quantitative estimate of drug-likeness (QED) is 0.277. The number of halogens is 1. The van der Waals surface area contributed by atoms with E-state index in [9.17, 15) is 4.79 Å². The number of aryl methyl sites for hydroxylation is 2. The van der Waals surface area contributed by atoms with E-state index in [0.29, 0.717) is 23.6 Å². The number of carbonyl (C=O) groups is 1. The molecule has 5 rings (SSSR count). The smallest absolute Gasteiger partial charge is 0.225 e. The van der Waals surface area contributed by atoms with E-state index >= 15 is 0 Å². The molecule has 2 aliphatic rings. The summed E-state index contributed by atoms with van der Waals surface area (Å²) in [7, 11) is 0. The van der Waals surface area contributed by atoms with Gasteiger partial charge in [-0.05, 0) is 101 Å². The Kier molecular flexibility index (Phi) is 9.46. The molecule has 1 aromatic heterocycles. The lowest BCUT2D eigenvalue weighted by Crippen LogP contribution is -2.47. The van der Waals surface area contributed by atoms with Crippen molar-refractivity contribution in [2.24, 2.45) is 5.92 Å². The molecule has 2 fully saturated rings. The standard InChI is InChI=1S/C32H43ClN4O2/c1-24-9-8-11-29-31(24)34-30(23-39-28-14-12-26(33)13-15-28)37(29)22-16-25(2)32(38)36-20-7-4-10-27(36)17-21-35-18-5-3-6-19-35/h8-9,11-15,25,27H,3-7,10,16-23H2,1-2H3/t25?,27-/m1/s1. The Morgan fingerprint density at radius 1 is 1.03 bits per heavy atom. The highest BCUT2D eigenvalue weighted by Gasteiger charge is 2.30. The van der Waals surface area contributed by atoms with Gasteiger partial charge in [0.25, 0.3) is 0 Å². The van der Waals surface area contributed by atoms with Gasteiger partial charge in [0.05, 0.1) is 11.0 Å². The summed E-state index contributed by atoms with van der Waals surface area (Å²) in [6.45, 7) is 9.77. The van der Waals surface area contributed by atoms with Crippen molar-refractivity contribution in [3.05, 3.63) is 58.9 Å². The van der Waals surface area contributed by atoms with E-state index in [2.05, 4.69) is 46.4 Å². The van der Waals surface area contributed by atoms with Crippen LogP contribution in [0.15, 0.2) is 42.5 Å². The van der Waals surface area contributed by atoms with Crippen molar-refractivity contribution in [2.45, 2.75) is 84.4 Å². The van der Waals surface area contributed by atoms with Gasteiger partial charge < -0.3 is 19.1 Å². The van der Waals surface area contributed by atoms with Crippen LogP contribution in [-0.2, 0) is 17.9 Å². The van der Waals surface area contributed by atoms with E-state index in [0.717, 1.165) is 73.5 Å². The summed E-state index contributed by atoms with van der Waals surface area (Å²) >= 11 is 6.03. The Hall–Kier alpha value is -2.57. The molecule has 210 valence electrons. The third-order valence-corrected chi connectivity index (χ3v) is 8.84. The predicted octanol–water partition coefficient (Wildman–Crippen LogP) is 6.86. The first-order valence-electron chi connectivity index (χ1n) is 14.9. The number of rotatable bonds is 10. The second kappa shape index (κ2) is 13.2. The number of aromatic nitrogens is 2. The van der Waals surface area contributed by atoms with Gasteiger partial charge in [-0.3, -0.25) is 4.79 Å². The van der Waals surface area contributed by atoms with Gasteiger partial charge in [0, 0.05) is 36.6 Å². The fraction of sp³-hybridized carbons (Fsp3) is 0.562. The maximum atomic E-state index is 13.7. The summed E-state index contributed by atoms with van der Waals surface area (Å²) < 4.78 is 8.32. The molecular weight excluding hydrogens is 508 g/mol. The second-order valence-electron chi connectivity index (χ2n) is 11.4. The van der Waals surface area contributed by atoms with E-state index in [1.165, 1.54) is 38.8 Å². The minimum absolute atomic E-state index is 0.0344. The number of imidazole rings is 1. The highest BCUT2D eigenvalue weighted by atomic mass is 35.5. The summed E-state index contributed by atoms with van der Waals surface area (Å²) in [5.74, 6) is 1.93. The zero-order valence-corrected chi connectivity index (χ0v) is 24.3. The molecule has 7 heteroatoms. The average Bonchev–Trinajstić information content (AvgIpc) is 3.33. The lowest BCUT2D eigenvalue weighted by molar-refractivity contribution is -0.139. The van der Waals surface area contributed by atoms with Crippen LogP contribution in [0.25, 0.3) is 11.0 Å². The van der Waals surface area contributed by atoms with Crippen LogP contribution in [0.2, 0.25) is 5.02 Å². The van der Waals surface area contributed by atoms with Crippen molar-refractivity contribution in [3.63, 3.8) is 0 Å². The highest BCUT2D eigenvalue weighted by molar-refractivity contribution is 6.30. The summed E-state index contributed by atoms with van der Waals surface area (Å²) in [5.41, 5.74) is 3.25. The number of amides is 1. The van der Waals surface area contributed by atoms with Crippen LogP contribution >= 0.6 is 11.6 Å². The van der Waals surface area contributed by atoms with Crippen LogP contribution in [0.1, 0.15) is 69.7 Å². The number of para-hydroxylation sites is 1. The largest absolute Gasteiger partial charge is 0.486 e. The Morgan fingerprint density at radius 2 is 1.79 bits per heavy atom. The van der Waals surface area contributed by atoms with Gasteiger partial charge in [-0.15, -0.1) is 0 Å². The van der Waals surface area contributed by atoms with Crippen LogP contribution in [0, 0.1) is 12.8 Å². The fourth-order valence-corrected chi connectivity index (χ4v) is 6.33. The molecule has 0 aliphatic carbocycles. The van der Waals surface area contributed by atoms with Gasteiger partial charge in [-0.1, -0.05) is 37.1 Å². The molecule has 0 saturated carbocycles. The van der Waals surface area contributed by atoms with Crippen LogP contribution < -0.4 is 4.74 Å². The molecule has 39 heavy (non-hydrogen) atoms. The van der Waals surface area contributed by atoms with Crippen LogP contribution in [0.5, 0.6) is 5.75 Å². The van der Waals surface area contributed by atoms with Gasteiger partial charge >= 0.3 is 0 Å². The van der Waals surface area contributed by atoms with Gasteiger partial charge in [-0.25, -0.2) is 4.98 Å². The van der Waals surface area contributed by atoms with Crippen LogP contribution in [-0.4, -0.2) is 57.5 Å². The first-order chi connectivity index (χ1) is 19.0. The van der Waals surface area contributed by atoms with Gasteiger partial charge in [0.15, 0.2) is 0 Å². The van der Waals surface area contributed by atoms with E-state index < -0.39 is 0 Å². The first-order valence-corrected chi connectivity index (χ1v) is 15.2. The van der Waals surface area contributed by atoms with Crippen molar-refractivity contribution in [3.8, 4) is 5.75 Å². The first kappa shape index (κ1) is 28.0. The van der Waals surface area contributed by atoms with E-state index in [1.54, 1.807) is 0 Å². The predicted molar refractivity (Wildman–Crippen MR) is 158 cm³/mol. The number of carbonyl (C=O) groups excluding carboxylic acids is 1. The molecule has 2 aliphatic heterocycles. The normalized spacial score (nSPS) is 19.4. The third kappa shape index (κ3) is 6.96. The lowest BCUT2D eigenvalue weighted by Gasteiger charge is -2.39. The average molecular weight is 551 g/mol. The van der Waals surface area contributed by atoms with Crippen LogP contribution in [0.4, 0.5) is 0 Å². The third-order valence-electron chi connectivity index (χ3n) is 8.59. The molecule has 2 atom stereocenters. The Morgan fingerprint density at radius 3 is 2.59 bits per heavy atom. The molecule has 6 nitrogen and oxygen atoms in total. The van der Waals surface area contributed by atoms with E-state index in [4.69, 9.17) is 21.3 Å². The molecular formula is C32H43ClN4O2. The Labute approximate surface area is 238 Å². The van der Waals surface area contributed by atoms with Crippen molar-refractivity contribution in [1.29, 1.82) is 0 Å². The topological polar surface area (TPSA) is 50.6 Å². The highest BCUT2D eigenvalue weighted by Crippen LogP contribution is 2.26. The Balaban J connectivity index is 1.24. The number of piperidine rings is 2. The SMILES string of the molecule is Cc1cccc2c1nc(COc1ccc(Cl)cc1)n2CCC(C)C(=O)N1CCCC[C@@H]1CCN1CCCCC1. The summed E-state index contributed by atoms with van der Waals surface area (Å²) in [5, 5.41) is 0.686. The van der Waals surface area contributed by atoms with Gasteiger partial charge in [-0.2, -0.15) is 0 Å². The molecule has 0 spiro atoms. The van der Waals surface area contributed by atoms with E-state index in [1.807, 2.05) is 24.3 Å². The maximum Gasteiger partial charge on any atom is 0.225 e. The molecule has 0 radical (unpaired) electrons. The minimum Gasteiger partial charge on any atom is -0.486 e. The fourth-order valence-electron chi connectivity index (χ4n) is 6.21. The molecule has 2 saturated heterocycles. The summed E-state index contributed by atoms with van der Waals surface area (Å²) in [6.07, 6.45) is 9.39. The number of likely N-dealkylation sites (tertiary alicyclic amines) is 2. The van der Waals surface area contributed by atoms with Crippen molar-refractivity contribution in [2.75, 3.05) is 26.2 Å². The zero-order valence-electron chi connectivity index (χ0n) is 23.6.